The first kappa shape index (κ1) is 21.5. The Labute approximate surface area is 229 Å². The van der Waals surface area contributed by atoms with Gasteiger partial charge in [0, 0.05) is 32.5 Å². The fraction of sp³-hybridized carbons (Fsp3) is 0. The fourth-order valence-electron chi connectivity index (χ4n) is 6.40. The van der Waals surface area contributed by atoms with Gasteiger partial charge in [-0.1, -0.05) is 91.0 Å². The van der Waals surface area contributed by atoms with Gasteiger partial charge >= 0.3 is 0 Å². The van der Waals surface area contributed by atoms with Crippen LogP contribution in [0.3, 0.4) is 0 Å². The molecule has 9 rings (SSSR count). The van der Waals surface area contributed by atoms with E-state index < -0.39 is 0 Å². The number of para-hydroxylation sites is 4. The molecule has 0 saturated heterocycles. The minimum atomic E-state index is 0.900. The van der Waals surface area contributed by atoms with Crippen molar-refractivity contribution in [2.24, 2.45) is 0 Å². The zero-order chi connectivity index (χ0) is 26.2. The third-order valence-corrected chi connectivity index (χ3v) is 8.09. The number of pyridine rings is 2. The number of hydrogen-bond acceptors (Lipinski definition) is 2. The van der Waals surface area contributed by atoms with Gasteiger partial charge in [-0.15, -0.1) is 0 Å². The molecule has 0 amide bonds. The standard InChI is InChI=1S/C36H22N4/c1-2-11-23(12-3-1)28-16-10-20-33(37-28)40-30-17-7-4-13-24(30)25-21-22-27-34(35(25)40)26-14-5-8-18-31(26)39-32-19-9-6-15-29(32)38-36(27)39/h1-22H. The molecule has 0 N–H and O–H groups in total. The van der Waals surface area contributed by atoms with E-state index in [9.17, 15) is 0 Å². The van der Waals surface area contributed by atoms with Crippen molar-refractivity contribution in [3.63, 3.8) is 0 Å². The van der Waals surface area contributed by atoms with Gasteiger partial charge in [0.15, 0.2) is 0 Å². The summed E-state index contributed by atoms with van der Waals surface area (Å²) in [4.78, 5) is 10.4. The maximum absolute atomic E-state index is 5.21. The van der Waals surface area contributed by atoms with Crippen LogP contribution in [0.25, 0.3) is 77.2 Å². The van der Waals surface area contributed by atoms with Crippen LogP contribution >= 0.6 is 0 Å². The smallest absolute Gasteiger partial charge is 0.146 e. The molecule has 9 aromatic rings. The van der Waals surface area contributed by atoms with Gasteiger partial charge in [0.2, 0.25) is 0 Å². The predicted octanol–water partition coefficient (Wildman–Crippen LogP) is 8.95. The Kier molecular flexibility index (Phi) is 4.30. The number of imidazole rings is 1. The molecule has 4 aromatic heterocycles. The summed E-state index contributed by atoms with van der Waals surface area (Å²) in [6, 6.07) is 46.9. The van der Waals surface area contributed by atoms with Gasteiger partial charge in [0.05, 0.1) is 33.3 Å². The van der Waals surface area contributed by atoms with Crippen LogP contribution in [0.4, 0.5) is 0 Å². The molecule has 0 spiro atoms. The molecule has 4 heteroatoms. The van der Waals surface area contributed by atoms with E-state index in [1.807, 2.05) is 6.07 Å². The van der Waals surface area contributed by atoms with Crippen LogP contribution in [0.5, 0.6) is 0 Å². The average Bonchev–Trinajstić information content (AvgIpc) is 3.58. The molecule has 0 aliphatic carbocycles. The summed E-state index contributed by atoms with van der Waals surface area (Å²) in [6.45, 7) is 0. The minimum absolute atomic E-state index is 0.900. The highest BCUT2D eigenvalue weighted by atomic mass is 15.1. The van der Waals surface area contributed by atoms with Crippen molar-refractivity contribution >= 4 is 60.2 Å². The zero-order valence-electron chi connectivity index (χ0n) is 21.5. The molecule has 0 aliphatic rings. The Morgan fingerprint density at radius 3 is 2.02 bits per heavy atom. The lowest BCUT2D eigenvalue weighted by molar-refractivity contribution is 1.09. The first-order chi connectivity index (χ1) is 19.9. The van der Waals surface area contributed by atoms with E-state index in [1.54, 1.807) is 0 Å². The number of aromatic nitrogens is 4. The predicted molar refractivity (Wildman–Crippen MR) is 165 cm³/mol. The Morgan fingerprint density at radius 2 is 1.15 bits per heavy atom. The van der Waals surface area contributed by atoms with Crippen molar-refractivity contribution in [3.05, 3.63) is 133 Å². The van der Waals surface area contributed by atoms with Gasteiger partial charge in [-0.25, -0.2) is 9.97 Å². The molecule has 0 aliphatic heterocycles. The Balaban J connectivity index is 1.51. The number of rotatable bonds is 2. The number of fused-ring (bicyclic) bond motifs is 12. The molecule has 0 bridgehead atoms. The number of benzene rings is 5. The van der Waals surface area contributed by atoms with Gasteiger partial charge in [-0.3, -0.25) is 8.97 Å². The van der Waals surface area contributed by atoms with Crippen LogP contribution in [-0.4, -0.2) is 18.9 Å². The summed E-state index contributed by atoms with van der Waals surface area (Å²) in [5.74, 6) is 0.900. The molecule has 4 heterocycles. The van der Waals surface area contributed by atoms with E-state index in [-0.39, 0.29) is 0 Å². The first-order valence-electron chi connectivity index (χ1n) is 13.5. The van der Waals surface area contributed by atoms with Crippen molar-refractivity contribution in [1.82, 2.24) is 18.9 Å². The van der Waals surface area contributed by atoms with E-state index in [0.717, 1.165) is 55.7 Å². The maximum Gasteiger partial charge on any atom is 0.146 e. The van der Waals surface area contributed by atoms with Crippen LogP contribution in [0.15, 0.2) is 133 Å². The van der Waals surface area contributed by atoms with Gasteiger partial charge in [0.1, 0.15) is 11.5 Å². The van der Waals surface area contributed by atoms with Gasteiger partial charge < -0.3 is 0 Å². The Morgan fingerprint density at radius 1 is 0.450 bits per heavy atom. The molecule has 0 saturated carbocycles. The molecule has 0 atom stereocenters. The van der Waals surface area contributed by atoms with E-state index in [1.165, 1.54) is 21.5 Å². The van der Waals surface area contributed by atoms with E-state index >= 15 is 0 Å². The Bertz CT molecular complexity index is 2430. The number of nitrogens with zero attached hydrogens (tertiary/aromatic N) is 4. The summed E-state index contributed by atoms with van der Waals surface area (Å²) in [6.07, 6.45) is 0. The second-order valence-electron chi connectivity index (χ2n) is 10.3. The summed E-state index contributed by atoms with van der Waals surface area (Å²) in [5, 5.41) is 5.94. The third kappa shape index (κ3) is 2.85. The normalized spacial score (nSPS) is 12.0. The van der Waals surface area contributed by atoms with Crippen LogP contribution in [0.1, 0.15) is 0 Å². The second kappa shape index (κ2) is 8.01. The summed E-state index contributed by atoms with van der Waals surface area (Å²) >= 11 is 0. The highest BCUT2D eigenvalue weighted by molar-refractivity contribution is 6.27. The lowest BCUT2D eigenvalue weighted by Gasteiger charge is -2.14. The largest absolute Gasteiger partial charge is 0.293 e. The van der Waals surface area contributed by atoms with E-state index in [2.05, 4.69) is 136 Å². The lowest BCUT2D eigenvalue weighted by Crippen LogP contribution is -2.00. The zero-order valence-corrected chi connectivity index (χ0v) is 21.5. The monoisotopic (exact) mass is 510 g/mol. The molecule has 0 fully saturated rings. The highest BCUT2D eigenvalue weighted by Crippen LogP contribution is 2.41. The van der Waals surface area contributed by atoms with Crippen molar-refractivity contribution in [2.45, 2.75) is 0 Å². The first-order valence-corrected chi connectivity index (χ1v) is 13.5. The molecule has 5 aromatic carbocycles. The van der Waals surface area contributed by atoms with Crippen LogP contribution in [0.2, 0.25) is 0 Å². The topological polar surface area (TPSA) is 35.1 Å². The molecule has 0 unspecified atom stereocenters. The van der Waals surface area contributed by atoms with E-state index in [0.29, 0.717) is 0 Å². The summed E-state index contributed by atoms with van der Waals surface area (Å²) in [7, 11) is 0. The fourth-order valence-corrected chi connectivity index (χ4v) is 6.40. The van der Waals surface area contributed by atoms with Crippen molar-refractivity contribution in [1.29, 1.82) is 0 Å². The second-order valence-corrected chi connectivity index (χ2v) is 10.3. The lowest BCUT2D eigenvalue weighted by atomic mass is 10.0. The van der Waals surface area contributed by atoms with Crippen LogP contribution in [-0.2, 0) is 0 Å². The van der Waals surface area contributed by atoms with Gasteiger partial charge in [-0.2, -0.15) is 0 Å². The summed E-state index contributed by atoms with van der Waals surface area (Å²) in [5.41, 5.74) is 8.59. The third-order valence-electron chi connectivity index (χ3n) is 8.09. The van der Waals surface area contributed by atoms with Crippen molar-refractivity contribution in [3.8, 4) is 17.1 Å². The average molecular weight is 511 g/mol. The highest BCUT2D eigenvalue weighted by Gasteiger charge is 2.21. The molecular weight excluding hydrogens is 488 g/mol. The van der Waals surface area contributed by atoms with E-state index in [4.69, 9.17) is 9.97 Å². The number of hydrogen-bond donors (Lipinski definition) is 0. The Hall–Kier alpha value is -5.48. The molecule has 40 heavy (non-hydrogen) atoms. The molecule has 0 radical (unpaired) electrons. The quantitative estimate of drug-likeness (QED) is 0.218. The summed E-state index contributed by atoms with van der Waals surface area (Å²) < 4.78 is 4.64. The van der Waals surface area contributed by atoms with Gasteiger partial charge in [0.25, 0.3) is 0 Å². The minimum Gasteiger partial charge on any atom is -0.293 e. The van der Waals surface area contributed by atoms with Crippen LogP contribution in [0, 0.1) is 0 Å². The SMILES string of the molecule is c1ccc(-c2cccc(-n3c4ccccc4c4ccc5c(c6ccccc6n6c7ccccc7nc56)c43)n2)cc1. The van der Waals surface area contributed by atoms with Crippen molar-refractivity contribution in [2.75, 3.05) is 0 Å². The van der Waals surface area contributed by atoms with Crippen LogP contribution < -0.4 is 0 Å². The molecular formula is C36H22N4. The molecule has 4 nitrogen and oxygen atoms in total. The maximum atomic E-state index is 5.21. The van der Waals surface area contributed by atoms with Crippen molar-refractivity contribution < 1.29 is 0 Å². The molecule has 186 valence electrons. The van der Waals surface area contributed by atoms with Gasteiger partial charge in [-0.05, 0) is 42.5 Å².